The van der Waals surface area contributed by atoms with Crippen molar-refractivity contribution in [2.75, 3.05) is 19.6 Å². The van der Waals surface area contributed by atoms with Crippen molar-refractivity contribution >= 4 is 29.9 Å². The van der Waals surface area contributed by atoms with Crippen LogP contribution in [0.4, 0.5) is 0 Å². The molecule has 0 bridgehead atoms. The van der Waals surface area contributed by atoms with Crippen LogP contribution in [0.15, 0.2) is 41.7 Å². The number of nitrogens with one attached hydrogen (secondary N) is 1. The van der Waals surface area contributed by atoms with Crippen LogP contribution in [0.3, 0.4) is 0 Å². The summed E-state index contributed by atoms with van der Waals surface area (Å²) in [4.78, 5) is 11.6. The minimum Gasteiger partial charge on any atom is -0.357 e. The maximum atomic E-state index is 4.91. The fraction of sp³-hybridized carbons (Fsp3) is 0.524. The molecular formula is C21H32IN5. The number of aromatic nitrogens is 2. The lowest BCUT2D eigenvalue weighted by Gasteiger charge is -2.33. The predicted molar refractivity (Wildman–Crippen MR) is 123 cm³/mol. The van der Waals surface area contributed by atoms with Crippen molar-refractivity contribution < 1.29 is 0 Å². The summed E-state index contributed by atoms with van der Waals surface area (Å²) in [6, 6.07) is 8.72. The van der Waals surface area contributed by atoms with Gasteiger partial charge in [0.15, 0.2) is 5.96 Å². The van der Waals surface area contributed by atoms with Crippen LogP contribution >= 0.6 is 24.0 Å². The highest BCUT2D eigenvalue weighted by molar-refractivity contribution is 14.0. The Labute approximate surface area is 180 Å². The maximum Gasteiger partial charge on any atom is 0.194 e. The van der Waals surface area contributed by atoms with E-state index in [0.717, 1.165) is 43.9 Å². The van der Waals surface area contributed by atoms with Crippen LogP contribution in [0.1, 0.15) is 43.6 Å². The molecule has 0 aliphatic carbocycles. The zero-order valence-corrected chi connectivity index (χ0v) is 19.0. The molecular weight excluding hydrogens is 449 g/mol. The first-order valence-electron chi connectivity index (χ1n) is 9.74. The summed E-state index contributed by atoms with van der Waals surface area (Å²) in [5, 5.41) is 3.47. The predicted octanol–water partition coefficient (Wildman–Crippen LogP) is 4.06. The summed E-state index contributed by atoms with van der Waals surface area (Å²) < 4.78 is 2.17. The van der Waals surface area contributed by atoms with Gasteiger partial charge < -0.3 is 14.8 Å². The first-order chi connectivity index (χ1) is 12.7. The summed E-state index contributed by atoms with van der Waals surface area (Å²) in [5.74, 6) is 2.84. The number of rotatable bonds is 5. The van der Waals surface area contributed by atoms with Crippen LogP contribution in [-0.2, 0) is 13.1 Å². The van der Waals surface area contributed by atoms with Crippen molar-refractivity contribution in [3.63, 3.8) is 0 Å². The molecule has 1 aromatic carbocycles. The summed E-state index contributed by atoms with van der Waals surface area (Å²) in [6.45, 7) is 11.2. The summed E-state index contributed by atoms with van der Waals surface area (Å²) in [5.41, 5.74) is 2.54. The average molecular weight is 481 g/mol. The molecule has 0 saturated carbocycles. The van der Waals surface area contributed by atoms with Crippen molar-refractivity contribution in [2.45, 2.75) is 46.7 Å². The van der Waals surface area contributed by atoms with E-state index in [4.69, 9.17) is 4.99 Å². The third kappa shape index (κ3) is 6.23. The highest BCUT2D eigenvalue weighted by Gasteiger charge is 2.19. The molecule has 2 heterocycles. The van der Waals surface area contributed by atoms with Gasteiger partial charge in [-0.1, -0.05) is 31.2 Å². The van der Waals surface area contributed by atoms with E-state index in [-0.39, 0.29) is 24.0 Å². The van der Waals surface area contributed by atoms with Gasteiger partial charge in [-0.25, -0.2) is 9.98 Å². The molecule has 1 N–H and O–H groups in total. The molecule has 1 aliphatic rings. The highest BCUT2D eigenvalue weighted by atomic mass is 127. The first-order valence-corrected chi connectivity index (χ1v) is 9.74. The quantitative estimate of drug-likeness (QED) is 0.398. The van der Waals surface area contributed by atoms with E-state index < -0.39 is 0 Å². The molecule has 0 radical (unpaired) electrons. The zero-order valence-electron chi connectivity index (χ0n) is 16.7. The Kier molecular flexibility index (Phi) is 8.60. The maximum absolute atomic E-state index is 4.91. The minimum absolute atomic E-state index is 0. The number of benzene rings is 1. The Bertz CT molecular complexity index is 740. The first kappa shape index (κ1) is 21.7. The van der Waals surface area contributed by atoms with Gasteiger partial charge in [0.1, 0.15) is 5.82 Å². The second kappa shape index (κ2) is 10.7. The van der Waals surface area contributed by atoms with Crippen molar-refractivity contribution in [1.29, 1.82) is 0 Å². The number of nitrogens with zero attached hydrogens (tertiary/aromatic N) is 4. The largest absolute Gasteiger partial charge is 0.357 e. The van der Waals surface area contributed by atoms with Crippen molar-refractivity contribution in [2.24, 2.45) is 10.9 Å². The van der Waals surface area contributed by atoms with E-state index in [2.05, 4.69) is 57.9 Å². The van der Waals surface area contributed by atoms with Crippen molar-refractivity contribution in [3.8, 4) is 0 Å². The molecule has 27 heavy (non-hydrogen) atoms. The Hall–Kier alpha value is -1.57. The minimum atomic E-state index is 0. The van der Waals surface area contributed by atoms with E-state index >= 15 is 0 Å². The molecule has 1 aromatic heterocycles. The fourth-order valence-electron chi connectivity index (χ4n) is 3.57. The lowest BCUT2D eigenvalue weighted by atomic mass is 10.0. The monoisotopic (exact) mass is 481 g/mol. The van der Waals surface area contributed by atoms with Crippen LogP contribution in [0, 0.1) is 12.8 Å². The van der Waals surface area contributed by atoms with Gasteiger partial charge in [0.25, 0.3) is 0 Å². The molecule has 0 amide bonds. The van der Waals surface area contributed by atoms with Crippen LogP contribution < -0.4 is 5.32 Å². The molecule has 3 rings (SSSR count). The lowest BCUT2D eigenvalue weighted by molar-refractivity contribution is 0.266. The summed E-state index contributed by atoms with van der Waals surface area (Å²) in [7, 11) is 0. The third-order valence-corrected chi connectivity index (χ3v) is 4.97. The second-order valence-electron chi connectivity index (χ2n) is 7.29. The van der Waals surface area contributed by atoms with E-state index in [1.807, 2.05) is 19.3 Å². The molecule has 1 fully saturated rings. The van der Waals surface area contributed by atoms with E-state index in [0.29, 0.717) is 6.54 Å². The number of likely N-dealkylation sites (tertiary alicyclic amines) is 1. The van der Waals surface area contributed by atoms with Gasteiger partial charge in [0.05, 0.1) is 6.54 Å². The van der Waals surface area contributed by atoms with E-state index in [9.17, 15) is 0 Å². The van der Waals surface area contributed by atoms with Gasteiger partial charge in [0, 0.05) is 38.6 Å². The summed E-state index contributed by atoms with van der Waals surface area (Å²) in [6.07, 6.45) is 6.46. The molecule has 1 atom stereocenters. The summed E-state index contributed by atoms with van der Waals surface area (Å²) >= 11 is 0. The smallest absolute Gasteiger partial charge is 0.194 e. The van der Waals surface area contributed by atoms with E-state index in [1.54, 1.807) is 0 Å². The second-order valence-corrected chi connectivity index (χ2v) is 7.29. The van der Waals surface area contributed by atoms with Gasteiger partial charge in [-0.05, 0) is 43.7 Å². The fourth-order valence-corrected chi connectivity index (χ4v) is 3.57. The Morgan fingerprint density at radius 1 is 1.33 bits per heavy atom. The number of halogens is 1. The number of aryl methyl sites for hydroxylation is 1. The Morgan fingerprint density at radius 2 is 2.15 bits per heavy atom. The zero-order chi connectivity index (χ0) is 18.4. The molecule has 5 nitrogen and oxygen atoms in total. The van der Waals surface area contributed by atoms with Gasteiger partial charge in [-0.3, -0.25) is 0 Å². The van der Waals surface area contributed by atoms with Crippen molar-refractivity contribution in [3.05, 3.63) is 53.6 Å². The molecule has 0 spiro atoms. The van der Waals surface area contributed by atoms with E-state index in [1.165, 1.54) is 24.0 Å². The van der Waals surface area contributed by atoms with Gasteiger partial charge in [-0.15, -0.1) is 24.0 Å². The number of piperidine rings is 1. The molecule has 148 valence electrons. The number of aliphatic imine (C=N–C) groups is 1. The van der Waals surface area contributed by atoms with Gasteiger partial charge >= 0.3 is 0 Å². The van der Waals surface area contributed by atoms with Crippen LogP contribution in [0.5, 0.6) is 0 Å². The Balaban J connectivity index is 0.00000261. The number of imidazole rings is 1. The van der Waals surface area contributed by atoms with Gasteiger partial charge in [-0.2, -0.15) is 0 Å². The third-order valence-electron chi connectivity index (χ3n) is 4.97. The number of guanidine groups is 1. The standard InChI is InChI=1S/C21H31N5.HI/c1-4-22-21(26-11-6-7-17(2)15-26)24-14-19-8-5-9-20(13-19)16-25-12-10-23-18(25)3;/h5,8-10,12-13,17H,4,6-7,11,14-16H2,1-3H3,(H,22,24);1H. The van der Waals surface area contributed by atoms with Crippen LogP contribution in [-0.4, -0.2) is 40.0 Å². The lowest BCUT2D eigenvalue weighted by Crippen LogP contribution is -2.46. The average Bonchev–Trinajstić information content (AvgIpc) is 3.04. The van der Waals surface area contributed by atoms with Crippen LogP contribution in [0.25, 0.3) is 0 Å². The normalized spacial score (nSPS) is 17.5. The number of hydrogen-bond acceptors (Lipinski definition) is 2. The molecule has 6 heteroatoms. The molecule has 1 aliphatic heterocycles. The topological polar surface area (TPSA) is 45.5 Å². The molecule has 1 unspecified atom stereocenters. The SMILES string of the molecule is CCNC(=NCc1cccc(Cn2ccnc2C)c1)N1CCCC(C)C1.I. The van der Waals surface area contributed by atoms with Crippen molar-refractivity contribution in [1.82, 2.24) is 19.8 Å². The highest BCUT2D eigenvalue weighted by Crippen LogP contribution is 2.16. The van der Waals surface area contributed by atoms with Gasteiger partial charge in [0.2, 0.25) is 0 Å². The Morgan fingerprint density at radius 3 is 2.85 bits per heavy atom. The number of hydrogen-bond donors (Lipinski definition) is 1. The molecule has 1 saturated heterocycles. The molecule has 2 aromatic rings. The van der Waals surface area contributed by atoms with Crippen LogP contribution in [0.2, 0.25) is 0 Å².